The number of benzene rings is 4. The molecule has 422 valence electrons. The zero-order chi connectivity index (χ0) is 57.5. The number of hydrogen-bond acceptors (Lipinski definition) is 13. The Balaban J connectivity index is 1.14. The maximum absolute atomic E-state index is 15.2. The van der Waals surface area contributed by atoms with Gasteiger partial charge in [-0.25, -0.2) is 4.79 Å². The molecule has 5 atom stereocenters. The van der Waals surface area contributed by atoms with Gasteiger partial charge in [-0.15, -0.1) is 0 Å². The number of esters is 1. The highest BCUT2D eigenvalue weighted by Crippen LogP contribution is 2.44. The number of pyridine rings is 1. The Morgan fingerprint density at radius 1 is 0.688 bits per heavy atom. The topological polar surface area (TPSA) is 301 Å². The number of amides is 8. The van der Waals surface area contributed by atoms with Crippen LogP contribution in [0.3, 0.4) is 0 Å². The Hall–Kier alpha value is -8.72. The Kier molecular flexibility index (Phi) is 20.1. The van der Waals surface area contributed by atoms with Gasteiger partial charge in [0.1, 0.15) is 49.1 Å². The summed E-state index contributed by atoms with van der Waals surface area (Å²) in [4.78, 5) is 130. The summed E-state index contributed by atoms with van der Waals surface area (Å²) < 4.78 is 17.5. The standard InChI is InChI=1S/C59H69N9O12/c1-59(2,3)80-53(72)25-24-45(54(73)64-46(31-49(60)69)55(74)65-47(30-37-14-13-26-62-32-37)56(75)67(4)33-50(61)70)63-51(71)34-68(52-21-11-12-27-78-52)57(76)48(29-36-22-23-38-15-5-6-16-39(38)28-36)66-58(77)79-35-44-42-19-9-7-17-40(42)41-18-8-10-20-43(41)44/h5-10,13-20,22-23,26,28,32,44-48,52H,11-12,21,24-25,27,29-31,33-35H2,1-4H3,(H2,60,69)(H2,61,70)(H,63,71)(H,64,73)(H,65,74)(H,66,77)/t45-,46-,47-,48-,52?/m0/s1. The molecule has 1 aliphatic carbocycles. The minimum Gasteiger partial charge on any atom is -0.460 e. The molecular weight excluding hydrogens is 1030 g/mol. The predicted molar refractivity (Wildman–Crippen MR) is 294 cm³/mol. The van der Waals surface area contributed by atoms with Crippen molar-refractivity contribution in [3.63, 3.8) is 0 Å². The zero-order valence-electron chi connectivity index (χ0n) is 45.3. The molecule has 21 nitrogen and oxygen atoms in total. The summed E-state index contributed by atoms with van der Waals surface area (Å²) in [5.41, 5.74) is 15.3. The number of nitrogens with two attached hydrogens (primary N) is 2. The molecule has 8 N–H and O–H groups in total. The number of aromatic nitrogens is 1. The lowest BCUT2D eigenvalue weighted by molar-refractivity contribution is -0.157. The predicted octanol–water partition coefficient (Wildman–Crippen LogP) is 3.68. The van der Waals surface area contributed by atoms with Crippen molar-refractivity contribution in [2.45, 2.75) is 114 Å². The molecule has 4 aromatic carbocycles. The molecule has 21 heteroatoms. The summed E-state index contributed by atoms with van der Waals surface area (Å²) >= 11 is 0. The zero-order valence-corrected chi connectivity index (χ0v) is 45.3. The van der Waals surface area contributed by atoms with Gasteiger partial charge in [-0.3, -0.25) is 43.3 Å². The second-order valence-electron chi connectivity index (χ2n) is 21.0. The molecule has 5 aromatic rings. The quantitative estimate of drug-likeness (QED) is 0.0482. The van der Waals surface area contributed by atoms with Gasteiger partial charge in [0.15, 0.2) is 0 Å². The van der Waals surface area contributed by atoms with E-state index in [4.69, 9.17) is 25.7 Å². The number of rotatable bonds is 24. The van der Waals surface area contributed by atoms with E-state index < -0.39 is 115 Å². The van der Waals surface area contributed by atoms with Crippen LogP contribution in [0.25, 0.3) is 21.9 Å². The lowest BCUT2D eigenvalue weighted by Crippen LogP contribution is -2.59. The van der Waals surface area contributed by atoms with Crippen LogP contribution in [-0.4, -0.2) is 138 Å². The van der Waals surface area contributed by atoms with Crippen molar-refractivity contribution < 1.29 is 57.4 Å². The van der Waals surface area contributed by atoms with Gasteiger partial charge in [0.25, 0.3) is 0 Å². The summed E-state index contributed by atoms with van der Waals surface area (Å²) in [6, 6.07) is 26.3. The van der Waals surface area contributed by atoms with Crippen LogP contribution in [0.2, 0.25) is 0 Å². The fourth-order valence-corrected chi connectivity index (χ4v) is 9.88. The molecule has 1 aliphatic heterocycles. The Labute approximate surface area is 463 Å². The lowest BCUT2D eigenvalue weighted by atomic mass is 9.98. The van der Waals surface area contributed by atoms with Crippen LogP contribution in [0.1, 0.15) is 87.5 Å². The molecule has 0 saturated carbocycles. The summed E-state index contributed by atoms with van der Waals surface area (Å²) in [6.07, 6.45) is 1.04. The van der Waals surface area contributed by atoms with Crippen LogP contribution in [-0.2, 0) is 65.4 Å². The molecule has 0 bridgehead atoms. The number of alkyl carbamates (subject to hydrolysis) is 1. The molecule has 1 unspecified atom stereocenters. The van der Waals surface area contributed by atoms with Gasteiger partial charge in [0.2, 0.25) is 41.4 Å². The van der Waals surface area contributed by atoms with E-state index in [1.54, 1.807) is 32.9 Å². The third-order valence-corrected chi connectivity index (χ3v) is 13.6. The first-order valence-electron chi connectivity index (χ1n) is 26.6. The number of fused-ring (bicyclic) bond motifs is 4. The number of ether oxygens (including phenoxy) is 3. The average Bonchev–Trinajstić information content (AvgIpc) is 3.77. The summed E-state index contributed by atoms with van der Waals surface area (Å²) in [5.74, 6) is -7.24. The Bertz CT molecular complexity index is 3020. The van der Waals surface area contributed by atoms with E-state index in [0.717, 1.165) is 37.9 Å². The van der Waals surface area contributed by atoms with Crippen LogP contribution in [0.5, 0.6) is 0 Å². The number of likely N-dealkylation sites (N-methyl/N-ethyl adjacent to an activating group) is 1. The molecule has 0 radical (unpaired) electrons. The third-order valence-electron chi connectivity index (χ3n) is 13.6. The molecule has 80 heavy (non-hydrogen) atoms. The molecule has 1 saturated heterocycles. The molecule has 7 rings (SSSR count). The van der Waals surface area contributed by atoms with Crippen LogP contribution in [0.4, 0.5) is 4.79 Å². The fraction of sp³-hybridized carbons (Fsp3) is 0.390. The molecule has 8 amide bonds. The van der Waals surface area contributed by atoms with Gasteiger partial charge in [-0.1, -0.05) is 97.1 Å². The fourth-order valence-electron chi connectivity index (χ4n) is 9.88. The number of carbonyl (C=O) groups excluding carboxylic acids is 9. The number of nitrogens with zero attached hydrogens (tertiary/aromatic N) is 3. The Morgan fingerprint density at radius 3 is 1.96 bits per heavy atom. The largest absolute Gasteiger partial charge is 0.460 e. The normalized spacial score (nSPS) is 15.3. The van der Waals surface area contributed by atoms with Crippen LogP contribution in [0.15, 0.2) is 116 Å². The average molecular weight is 1100 g/mol. The van der Waals surface area contributed by atoms with Gasteiger partial charge in [-0.2, -0.15) is 0 Å². The summed E-state index contributed by atoms with van der Waals surface area (Å²) in [6.45, 7) is 3.97. The highest BCUT2D eigenvalue weighted by atomic mass is 16.6. The second kappa shape index (κ2) is 27.2. The maximum atomic E-state index is 15.2. The van der Waals surface area contributed by atoms with Crippen molar-refractivity contribution in [2.24, 2.45) is 11.5 Å². The number of hydrogen-bond donors (Lipinski definition) is 6. The Morgan fingerprint density at radius 2 is 1.32 bits per heavy atom. The van der Waals surface area contributed by atoms with Gasteiger partial charge >= 0.3 is 12.1 Å². The summed E-state index contributed by atoms with van der Waals surface area (Å²) in [7, 11) is 1.30. The van der Waals surface area contributed by atoms with Crippen molar-refractivity contribution in [3.05, 3.63) is 138 Å². The van der Waals surface area contributed by atoms with Gasteiger partial charge in [0, 0.05) is 51.2 Å². The second-order valence-corrected chi connectivity index (χ2v) is 21.0. The smallest absolute Gasteiger partial charge is 0.407 e. The molecule has 0 spiro atoms. The van der Waals surface area contributed by atoms with Crippen molar-refractivity contribution in [1.82, 2.24) is 36.1 Å². The first-order chi connectivity index (χ1) is 38.2. The molecule has 1 aromatic heterocycles. The SMILES string of the molecule is CN(CC(N)=O)C(=O)[C@H](Cc1cccnc1)NC(=O)[C@H](CC(N)=O)NC(=O)[C@H](CCC(=O)OC(C)(C)C)NC(=O)CN(C(=O)[C@H](Cc1ccc2ccccc2c1)NC(=O)OCC1c2ccccc2-c2ccccc21)C1CCCCO1. The van der Waals surface area contributed by atoms with Crippen molar-refractivity contribution in [2.75, 3.05) is 33.4 Å². The third kappa shape index (κ3) is 16.4. The van der Waals surface area contributed by atoms with E-state index in [1.165, 1.54) is 24.3 Å². The molecular formula is C59H69N9O12. The maximum Gasteiger partial charge on any atom is 0.407 e. The van der Waals surface area contributed by atoms with Crippen molar-refractivity contribution in [1.29, 1.82) is 0 Å². The van der Waals surface area contributed by atoms with E-state index in [0.29, 0.717) is 30.4 Å². The summed E-state index contributed by atoms with van der Waals surface area (Å²) in [5, 5.41) is 12.3. The van der Waals surface area contributed by atoms with E-state index in [1.807, 2.05) is 91.0 Å². The first-order valence-corrected chi connectivity index (χ1v) is 26.6. The lowest BCUT2D eigenvalue weighted by Gasteiger charge is -2.36. The highest BCUT2D eigenvalue weighted by Gasteiger charge is 2.38. The monoisotopic (exact) mass is 1100 g/mol. The van der Waals surface area contributed by atoms with Crippen molar-refractivity contribution >= 4 is 64.2 Å². The number of primary amides is 2. The van der Waals surface area contributed by atoms with Gasteiger partial charge in [-0.05, 0) is 96.7 Å². The first kappa shape index (κ1) is 59.0. The molecule has 1 fully saturated rings. The van der Waals surface area contributed by atoms with Crippen LogP contribution < -0.4 is 32.7 Å². The van der Waals surface area contributed by atoms with E-state index >= 15 is 4.79 Å². The van der Waals surface area contributed by atoms with Gasteiger partial charge in [0.05, 0.1) is 13.0 Å². The minimum atomic E-state index is -1.74. The van der Waals surface area contributed by atoms with E-state index in [-0.39, 0.29) is 38.4 Å². The van der Waals surface area contributed by atoms with Crippen molar-refractivity contribution in [3.8, 4) is 11.1 Å². The highest BCUT2D eigenvalue weighted by molar-refractivity contribution is 5.98. The molecule has 2 aliphatic rings. The minimum absolute atomic E-state index is 0.0287. The molecule has 2 heterocycles. The van der Waals surface area contributed by atoms with E-state index in [2.05, 4.69) is 26.3 Å². The number of nitrogens with one attached hydrogen (secondary N) is 4. The number of carbonyl (C=O) groups is 9. The van der Waals surface area contributed by atoms with E-state index in [9.17, 15) is 38.4 Å². The van der Waals surface area contributed by atoms with Gasteiger partial charge < -0.3 is 56.7 Å². The van der Waals surface area contributed by atoms with Crippen LogP contribution >= 0.6 is 0 Å². The van der Waals surface area contributed by atoms with Crippen LogP contribution in [0, 0.1) is 0 Å².